The highest BCUT2D eigenvalue weighted by Crippen LogP contribution is 2.43. The molecule has 3 heteroatoms. The third-order valence-corrected chi connectivity index (χ3v) is 6.66. The lowest BCUT2D eigenvalue weighted by molar-refractivity contribution is 0.520. The minimum absolute atomic E-state index is 0.606. The first-order chi connectivity index (χ1) is 14.2. The van der Waals surface area contributed by atoms with Crippen LogP contribution in [-0.2, 0) is 6.42 Å². The maximum atomic E-state index is 3.78. The van der Waals surface area contributed by atoms with Crippen LogP contribution in [0.5, 0.6) is 0 Å². The van der Waals surface area contributed by atoms with E-state index in [1.165, 1.54) is 76.9 Å². The standard InChI is InChI=1S/C26H31N3/c1-3-27-17-20-12-14-29-13-6-7-19-15-21(16-24(20)26(19)29)28-25-11-10-18(2)22-8-4-5-9-23(22)25/h4-5,8-11,15-16,20,27-28H,3,6-7,12-14,17H2,1-2H3. The first-order valence-corrected chi connectivity index (χ1v) is 11.1. The van der Waals surface area contributed by atoms with Crippen LogP contribution in [-0.4, -0.2) is 26.2 Å². The third kappa shape index (κ3) is 3.38. The van der Waals surface area contributed by atoms with Crippen LogP contribution in [0.2, 0.25) is 0 Å². The summed E-state index contributed by atoms with van der Waals surface area (Å²) in [6.07, 6.45) is 3.70. The molecule has 5 rings (SSSR count). The van der Waals surface area contributed by atoms with E-state index >= 15 is 0 Å². The summed E-state index contributed by atoms with van der Waals surface area (Å²) in [5, 5.41) is 9.99. The van der Waals surface area contributed by atoms with Gasteiger partial charge in [0.25, 0.3) is 0 Å². The minimum atomic E-state index is 0.606. The number of nitrogens with one attached hydrogen (secondary N) is 2. The molecule has 0 saturated heterocycles. The molecule has 3 aromatic rings. The zero-order valence-corrected chi connectivity index (χ0v) is 17.6. The molecule has 3 nitrogen and oxygen atoms in total. The van der Waals surface area contributed by atoms with Crippen molar-refractivity contribution >= 4 is 27.8 Å². The Morgan fingerprint density at radius 3 is 2.76 bits per heavy atom. The lowest BCUT2D eigenvalue weighted by Gasteiger charge is -2.40. The molecule has 2 aliphatic heterocycles. The van der Waals surface area contributed by atoms with E-state index in [2.05, 4.69) is 77.9 Å². The Bertz CT molecular complexity index is 1040. The number of fused-ring (bicyclic) bond motifs is 1. The number of nitrogens with zero attached hydrogens (tertiary/aromatic N) is 1. The summed E-state index contributed by atoms with van der Waals surface area (Å²) < 4.78 is 0. The SMILES string of the molecule is CCNCC1CCN2CCCc3cc(Nc4ccc(C)c5ccccc45)cc1c32. The van der Waals surface area contributed by atoms with E-state index in [1.54, 1.807) is 0 Å². The zero-order valence-electron chi connectivity index (χ0n) is 17.6. The Labute approximate surface area is 174 Å². The van der Waals surface area contributed by atoms with Gasteiger partial charge in [0, 0.05) is 48.0 Å². The van der Waals surface area contributed by atoms with Gasteiger partial charge >= 0.3 is 0 Å². The molecular formula is C26H31N3. The zero-order chi connectivity index (χ0) is 19.8. The van der Waals surface area contributed by atoms with Gasteiger partial charge in [-0.15, -0.1) is 0 Å². The average molecular weight is 386 g/mol. The van der Waals surface area contributed by atoms with Crippen LogP contribution < -0.4 is 15.5 Å². The Balaban J connectivity index is 1.56. The Morgan fingerprint density at radius 2 is 1.90 bits per heavy atom. The van der Waals surface area contributed by atoms with E-state index in [0.717, 1.165) is 13.1 Å². The van der Waals surface area contributed by atoms with Crippen molar-refractivity contribution in [3.05, 3.63) is 65.2 Å². The van der Waals surface area contributed by atoms with Crippen LogP contribution in [0, 0.1) is 6.92 Å². The number of hydrogen-bond acceptors (Lipinski definition) is 3. The molecule has 0 bridgehead atoms. The van der Waals surface area contributed by atoms with Gasteiger partial charge in [0.2, 0.25) is 0 Å². The Kier molecular flexibility index (Phi) is 4.92. The number of likely N-dealkylation sites (N-methyl/N-ethyl adjacent to an activating group) is 1. The van der Waals surface area contributed by atoms with Gasteiger partial charge in [0.1, 0.15) is 0 Å². The summed E-state index contributed by atoms with van der Waals surface area (Å²) in [5.74, 6) is 0.606. The molecule has 0 fully saturated rings. The molecule has 1 atom stereocenters. The summed E-state index contributed by atoms with van der Waals surface area (Å²) in [6.45, 7) is 8.91. The summed E-state index contributed by atoms with van der Waals surface area (Å²) >= 11 is 0. The van der Waals surface area contributed by atoms with Gasteiger partial charge in [0.05, 0.1) is 0 Å². The molecule has 2 heterocycles. The van der Waals surface area contributed by atoms with Crippen LogP contribution in [0.25, 0.3) is 10.8 Å². The number of anilines is 3. The monoisotopic (exact) mass is 385 g/mol. The second kappa shape index (κ2) is 7.72. The minimum Gasteiger partial charge on any atom is -0.371 e. The van der Waals surface area contributed by atoms with Gasteiger partial charge < -0.3 is 15.5 Å². The van der Waals surface area contributed by atoms with Crippen molar-refractivity contribution in [1.82, 2.24) is 5.32 Å². The molecule has 2 aliphatic rings. The van der Waals surface area contributed by atoms with Crippen molar-refractivity contribution in [1.29, 1.82) is 0 Å². The van der Waals surface area contributed by atoms with Crippen LogP contribution in [0.4, 0.5) is 17.1 Å². The van der Waals surface area contributed by atoms with Gasteiger partial charge in [-0.2, -0.15) is 0 Å². The molecule has 1 unspecified atom stereocenters. The van der Waals surface area contributed by atoms with E-state index in [0.29, 0.717) is 5.92 Å². The van der Waals surface area contributed by atoms with Crippen molar-refractivity contribution < 1.29 is 0 Å². The highest BCUT2D eigenvalue weighted by molar-refractivity contribution is 5.97. The van der Waals surface area contributed by atoms with Crippen molar-refractivity contribution in [2.24, 2.45) is 0 Å². The number of rotatable bonds is 5. The predicted octanol–water partition coefficient (Wildman–Crippen LogP) is 5.74. The van der Waals surface area contributed by atoms with Crippen LogP contribution >= 0.6 is 0 Å². The average Bonchev–Trinajstić information content (AvgIpc) is 2.75. The lowest BCUT2D eigenvalue weighted by atomic mass is 9.84. The molecular weight excluding hydrogens is 354 g/mol. The molecule has 150 valence electrons. The molecule has 0 aliphatic carbocycles. The summed E-state index contributed by atoms with van der Waals surface area (Å²) in [4.78, 5) is 2.63. The Hall–Kier alpha value is -2.52. The fourth-order valence-corrected chi connectivity index (χ4v) is 5.19. The predicted molar refractivity (Wildman–Crippen MR) is 125 cm³/mol. The van der Waals surface area contributed by atoms with E-state index in [4.69, 9.17) is 0 Å². The summed E-state index contributed by atoms with van der Waals surface area (Å²) in [6, 6.07) is 18.0. The topological polar surface area (TPSA) is 27.3 Å². The van der Waals surface area contributed by atoms with Gasteiger partial charge in [-0.3, -0.25) is 0 Å². The van der Waals surface area contributed by atoms with Gasteiger partial charge in [-0.25, -0.2) is 0 Å². The number of hydrogen-bond donors (Lipinski definition) is 2. The third-order valence-electron chi connectivity index (χ3n) is 6.66. The second-order valence-corrected chi connectivity index (χ2v) is 8.56. The molecule has 0 spiro atoms. The molecule has 0 radical (unpaired) electrons. The Morgan fingerprint density at radius 1 is 1.03 bits per heavy atom. The first-order valence-electron chi connectivity index (χ1n) is 11.1. The summed E-state index contributed by atoms with van der Waals surface area (Å²) in [7, 11) is 0. The maximum Gasteiger partial charge on any atom is 0.0464 e. The highest BCUT2D eigenvalue weighted by atomic mass is 15.1. The van der Waals surface area contributed by atoms with E-state index < -0.39 is 0 Å². The van der Waals surface area contributed by atoms with Crippen molar-refractivity contribution in [2.75, 3.05) is 36.4 Å². The van der Waals surface area contributed by atoms with E-state index in [9.17, 15) is 0 Å². The normalized spacial score (nSPS) is 18.0. The van der Waals surface area contributed by atoms with Gasteiger partial charge in [-0.1, -0.05) is 37.3 Å². The second-order valence-electron chi connectivity index (χ2n) is 8.56. The summed E-state index contributed by atoms with van der Waals surface area (Å²) in [5.41, 5.74) is 8.35. The molecule has 0 saturated carbocycles. The van der Waals surface area contributed by atoms with Crippen molar-refractivity contribution in [3.63, 3.8) is 0 Å². The highest BCUT2D eigenvalue weighted by Gasteiger charge is 2.29. The van der Waals surface area contributed by atoms with E-state index in [-0.39, 0.29) is 0 Å². The molecule has 29 heavy (non-hydrogen) atoms. The maximum absolute atomic E-state index is 3.78. The van der Waals surface area contributed by atoms with Crippen LogP contribution in [0.3, 0.4) is 0 Å². The van der Waals surface area contributed by atoms with Crippen LogP contribution in [0.1, 0.15) is 42.4 Å². The fraction of sp³-hybridized carbons (Fsp3) is 0.385. The van der Waals surface area contributed by atoms with E-state index in [1.807, 2.05) is 0 Å². The molecule has 2 N–H and O–H groups in total. The van der Waals surface area contributed by atoms with Crippen molar-refractivity contribution in [2.45, 2.75) is 39.0 Å². The molecule has 3 aromatic carbocycles. The van der Waals surface area contributed by atoms with Crippen LogP contribution in [0.15, 0.2) is 48.5 Å². The largest absolute Gasteiger partial charge is 0.371 e. The molecule has 0 amide bonds. The smallest absolute Gasteiger partial charge is 0.0464 e. The van der Waals surface area contributed by atoms with Gasteiger partial charge in [-0.05, 0) is 73.0 Å². The number of aryl methyl sites for hydroxylation is 2. The van der Waals surface area contributed by atoms with Gasteiger partial charge in [0.15, 0.2) is 0 Å². The quantitative estimate of drug-likeness (QED) is 0.586. The lowest BCUT2D eigenvalue weighted by Crippen LogP contribution is -2.38. The van der Waals surface area contributed by atoms with Crippen molar-refractivity contribution in [3.8, 4) is 0 Å². The first kappa shape index (κ1) is 18.5. The molecule has 0 aromatic heterocycles. The number of benzene rings is 3. The fourth-order valence-electron chi connectivity index (χ4n) is 5.19.